The van der Waals surface area contributed by atoms with Crippen molar-refractivity contribution in [3.8, 4) is 12.3 Å². The Morgan fingerprint density at radius 2 is 2.16 bits per heavy atom. The molecule has 1 N–H and O–H groups in total. The monoisotopic (exact) mass is 303 g/mol. The molecule has 1 rings (SSSR count). The van der Waals surface area contributed by atoms with Crippen LogP contribution < -0.4 is 5.32 Å². The molecule has 8 heteroatoms. The summed E-state index contributed by atoms with van der Waals surface area (Å²) in [5, 5.41) is 6.55. The molecule has 19 heavy (non-hydrogen) atoms. The number of nitrogens with zero attached hydrogens (tertiary/aromatic N) is 2. The van der Waals surface area contributed by atoms with Crippen LogP contribution in [0.1, 0.15) is 24.4 Å². The molecule has 0 bridgehead atoms. The number of amides is 1. The third-order valence-corrected chi connectivity index (χ3v) is 4.15. The fraction of sp³-hybridized carbons (Fsp3) is 0.455. The summed E-state index contributed by atoms with van der Waals surface area (Å²) in [7, 11) is 1.45. The van der Waals surface area contributed by atoms with Gasteiger partial charge in [-0.1, -0.05) is 5.92 Å². The van der Waals surface area contributed by atoms with Gasteiger partial charge in [-0.2, -0.15) is 5.10 Å². The van der Waals surface area contributed by atoms with Gasteiger partial charge in [-0.15, -0.1) is 6.42 Å². The minimum absolute atomic E-state index is 0.0641. The summed E-state index contributed by atoms with van der Waals surface area (Å²) in [6, 6.07) is -0.681. The van der Waals surface area contributed by atoms with Crippen molar-refractivity contribution in [2.45, 2.75) is 31.7 Å². The number of carbonyl (C=O) groups is 1. The summed E-state index contributed by atoms with van der Waals surface area (Å²) in [4.78, 5) is 11.7. The molecule has 0 fully saturated rings. The minimum Gasteiger partial charge on any atom is -0.343 e. The van der Waals surface area contributed by atoms with Crippen molar-refractivity contribution in [2.75, 3.05) is 6.54 Å². The van der Waals surface area contributed by atoms with Crippen molar-refractivity contribution in [3.05, 3.63) is 11.4 Å². The molecule has 0 saturated heterocycles. The number of aryl methyl sites for hydroxylation is 1. The van der Waals surface area contributed by atoms with Crippen LogP contribution in [0.15, 0.2) is 4.90 Å². The van der Waals surface area contributed by atoms with E-state index in [0.29, 0.717) is 5.69 Å². The van der Waals surface area contributed by atoms with Gasteiger partial charge >= 0.3 is 0 Å². The smallest absolute Gasteiger partial charge is 0.264 e. The SMILES string of the molecule is C#CCNC(=O)C(C)n1nc(C)c(S(=O)(=O)Cl)c1C. The first-order valence-corrected chi connectivity index (χ1v) is 7.72. The summed E-state index contributed by atoms with van der Waals surface area (Å²) < 4.78 is 24.2. The van der Waals surface area contributed by atoms with Gasteiger partial charge in [-0.05, 0) is 20.8 Å². The molecule has 1 amide bonds. The molecular formula is C11H14ClN3O3S. The zero-order chi connectivity index (χ0) is 14.8. The van der Waals surface area contributed by atoms with Gasteiger partial charge in [-0.25, -0.2) is 8.42 Å². The van der Waals surface area contributed by atoms with Gasteiger partial charge in [0.25, 0.3) is 9.05 Å². The highest BCUT2D eigenvalue weighted by Crippen LogP contribution is 2.25. The molecule has 1 atom stereocenters. The first-order valence-electron chi connectivity index (χ1n) is 5.41. The second-order valence-electron chi connectivity index (χ2n) is 3.98. The van der Waals surface area contributed by atoms with Crippen molar-refractivity contribution in [2.24, 2.45) is 0 Å². The van der Waals surface area contributed by atoms with E-state index in [2.05, 4.69) is 16.3 Å². The molecule has 0 radical (unpaired) electrons. The zero-order valence-corrected chi connectivity index (χ0v) is 12.3. The maximum Gasteiger partial charge on any atom is 0.264 e. The topological polar surface area (TPSA) is 81.1 Å². The largest absolute Gasteiger partial charge is 0.343 e. The molecule has 0 saturated carbocycles. The summed E-state index contributed by atoms with van der Waals surface area (Å²) in [5.41, 5.74) is 0.569. The lowest BCUT2D eigenvalue weighted by atomic mass is 10.3. The molecule has 0 spiro atoms. The van der Waals surface area contributed by atoms with E-state index >= 15 is 0 Å². The quantitative estimate of drug-likeness (QED) is 0.657. The van der Waals surface area contributed by atoms with E-state index in [9.17, 15) is 13.2 Å². The summed E-state index contributed by atoms with van der Waals surface area (Å²) in [6.07, 6.45) is 5.05. The van der Waals surface area contributed by atoms with Crippen LogP contribution in [0, 0.1) is 26.2 Å². The van der Waals surface area contributed by atoms with Gasteiger partial charge in [-0.3, -0.25) is 9.48 Å². The lowest BCUT2D eigenvalue weighted by Gasteiger charge is -2.13. The number of halogens is 1. The fourth-order valence-corrected chi connectivity index (χ4v) is 3.28. The maximum absolute atomic E-state index is 11.8. The standard InChI is InChI=1S/C11H14ClN3O3S/c1-5-6-13-11(16)9(4)15-8(3)10(7(2)14-15)19(12,17)18/h1,9H,6H2,2-4H3,(H,13,16). The molecule has 0 aliphatic heterocycles. The fourth-order valence-electron chi connectivity index (χ4n) is 1.77. The van der Waals surface area contributed by atoms with Crippen molar-refractivity contribution in [3.63, 3.8) is 0 Å². The number of aromatic nitrogens is 2. The van der Waals surface area contributed by atoms with Crippen molar-refractivity contribution < 1.29 is 13.2 Å². The van der Waals surface area contributed by atoms with E-state index in [-0.39, 0.29) is 23.0 Å². The van der Waals surface area contributed by atoms with E-state index in [0.717, 1.165) is 0 Å². The summed E-state index contributed by atoms with van der Waals surface area (Å²) in [6.45, 7) is 4.75. The average Bonchev–Trinajstić information content (AvgIpc) is 2.59. The van der Waals surface area contributed by atoms with E-state index in [1.807, 2.05) is 0 Å². The Morgan fingerprint density at radius 3 is 2.58 bits per heavy atom. The Balaban J connectivity index is 3.18. The highest BCUT2D eigenvalue weighted by atomic mass is 35.7. The van der Waals surface area contributed by atoms with Crippen LogP contribution in [-0.4, -0.2) is 30.7 Å². The third kappa shape index (κ3) is 3.28. The summed E-state index contributed by atoms with van der Waals surface area (Å²) in [5.74, 6) is 1.94. The second-order valence-corrected chi connectivity index (χ2v) is 6.48. The first kappa shape index (κ1) is 15.5. The maximum atomic E-state index is 11.8. The number of rotatable bonds is 4. The van der Waals surface area contributed by atoms with Crippen LogP contribution in [0.3, 0.4) is 0 Å². The Labute approximate surface area is 116 Å². The minimum atomic E-state index is -3.89. The molecule has 0 aliphatic carbocycles. The van der Waals surface area contributed by atoms with Crippen molar-refractivity contribution in [1.82, 2.24) is 15.1 Å². The van der Waals surface area contributed by atoms with E-state index < -0.39 is 15.1 Å². The molecular weight excluding hydrogens is 290 g/mol. The molecule has 0 aliphatic rings. The molecule has 1 aromatic rings. The Kier molecular flexibility index (Phi) is 4.61. The molecule has 104 valence electrons. The van der Waals surface area contributed by atoms with Gasteiger partial charge in [0.15, 0.2) is 0 Å². The lowest BCUT2D eigenvalue weighted by Crippen LogP contribution is -2.32. The predicted octanol–water partition coefficient (Wildman–Crippen LogP) is 0.738. The zero-order valence-electron chi connectivity index (χ0n) is 10.8. The predicted molar refractivity (Wildman–Crippen MR) is 71.3 cm³/mol. The Morgan fingerprint density at radius 1 is 1.58 bits per heavy atom. The van der Waals surface area contributed by atoms with Crippen LogP contribution >= 0.6 is 10.7 Å². The van der Waals surface area contributed by atoms with E-state index in [4.69, 9.17) is 17.1 Å². The van der Waals surface area contributed by atoms with Gasteiger partial charge in [0.05, 0.1) is 17.9 Å². The van der Waals surface area contributed by atoms with Crippen LogP contribution in [0.25, 0.3) is 0 Å². The lowest BCUT2D eigenvalue weighted by molar-refractivity contribution is -0.123. The van der Waals surface area contributed by atoms with Crippen LogP contribution in [0.5, 0.6) is 0 Å². The van der Waals surface area contributed by atoms with Gasteiger partial charge in [0.1, 0.15) is 10.9 Å². The Hall–Kier alpha value is -1.52. The van der Waals surface area contributed by atoms with Gasteiger partial charge < -0.3 is 5.32 Å². The molecule has 0 aromatic carbocycles. The van der Waals surface area contributed by atoms with Crippen LogP contribution in [-0.2, 0) is 13.8 Å². The number of carbonyl (C=O) groups excluding carboxylic acids is 1. The Bertz CT molecular complexity index is 643. The average molecular weight is 304 g/mol. The number of hydrogen-bond donors (Lipinski definition) is 1. The number of hydrogen-bond acceptors (Lipinski definition) is 4. The first-order chi connectivity index (χ1) is 8.70. The highest BCUT2D eigenvalue weighted by Gasteiger charge is 2.26. The van der Waals surface area contributed by atoms with Crippen molar-refractivity contribution >= 4 is 25.6 Å². The van der Waals surface area contributed by atoms with Crippen molar-refractivity contribution in [1.29, 1.82) is 0 Å². The number of nitrogens with one attached hydrogen (secondary N) is 1. The normalized spacial score (nSPS) is 12.8. The molecule has 1 aromatic heterocycles. The molecule has 1 heterocycles. The van der Waals surface area contributed by atoms with E-state index in [1.54, 1.807) is 13.8 Å². The molecule has 6 nitrogen and oxygen atoms in total. The van der Waals surface area contributed by atoms with E-state index in [1.165, 1.54) is 11.6 Å². The third-order valence-electron chi connectivity index (χ3n) is 2.61. The molecule has 1 unspecified atom stereocenters. The van der Waals surface area contributed by atoms with Gasteiger partial charge in [0, 0.05) is 10.7 Å². The highest BCUT2D eigenvalue weighted by molar-refractivity contribution is 8.13. The van der Waals surface area contributed by atoms with Crippen LogP contribution in [0.2, 0.25) is 0 Å². The number of terminal acetylenes is 1. The van der Waals surface area contributed by atoms with Gasteiger partial charge in [0.2, 0.25) is 5.91 Å². The second kappa shape index (κ2) is 5.63. The summed E-state index contributed by atoms with van der Waals surface area (Å²) >= 11 is 0. The van der Waals surface area contributed by atoms with Crippen LogP contribution in [0.4, 0.5) is 0 Å².